The van der Waals surface area contributed by atoms with Crippen LogP contribution in [0.25, 0.3) is 0 Å². The van der Waals surface area contributed by atoms with Gasteiger partial charge in [-0.3, -0.25) is 0 Å². The van der Waals surface area contributed by atoms with Gasteiger partial charge < -0.3 is 14.2 Å². The Labute approximate surface area is 122 Å². The highest BCUT2D eigenvalue weighted by Crippen LogP contribution is 2.49. The average Bonchev–Trinajstić information content (AvgIpc) is 2.72. The van der Waals surface area contributed by atoms with Crippen LogP contribution in [0.1, 0.15) is 25.0 Å². The van der Waals surface area contributed by atoms with E-state index in [1.54, 1.807) is 20.3 Å². The molecule has 0 saturated carbocycles. The predicted octanol–water partition coefficient (Wildman–Crippen LogP) is 1.92. The largest absolute Gasteiger partial charge is 0.497 e. The highest BCUT2D eigenvalue weighted by Gasteiger charge is 2.47. The van der Waals surface area contributed by atoms with E-state index >= 15 is 0 Å². The highest BCUT2D eigenvalue weighted by molar-refractivity contribution is 6.14. The van der Waals surface area contributed by atoms with Gasteiger partial charge in [0.1, 0.15) is 11.5 Å². The Morgan fingerprint density at radius 1 is 1.10 bits per heavy atom. The van der Waals surface area contributed by atoms with Crippen LogP contribution in [-0.2, 0) is 26.2 Å². The molecule has 1 aliphatic carbocycles. The van der Waals surface area contributed by atoms with Gasteiger partial charge in [-0.25, -0.2) is 9.59 Å². The SMILES string of the molecule is COc1cc2c(c(OC)c1)C(C)(C)C1=C(C2)C(=O)OC1=O. The van der Waals surface area contributed by atoms with Gasteiger partial charge in [-0.1, -0.05) is 13.8 Å². The molecule has 0 atom stereocenters. The molecule has 5 nitrogen and oxygen atoms in total. The van der Waals surface area contributed by atoms with Crippen molar-refractivity contribution in [2.24, 2.45) is 0 Å². The van der Waals surface area contributed by atoms with Gasteiger partial charge in [0.25, 0.3) is 0 Å². The summed E-state index contributed by atoms with van der Waals surface area (Å²) in [4.78, 5) is 23.9. The lowest BCUT2D eigenvalue weighted by molar-refractivity contribution is -0.151. The average molecular weight is 288 g/mol. The molecule has 0 bridgehead atoms. The maximum atomic E-state index is 12.0. The second kappa shape index (κ2) is 4.35. The van der Waals surface area contributed by atoms with E-state index in [0.29, 0.717) is 29.1 Å². The lowest BCUT2D eigenvalue weighted by atomic mass is 9.69. The topological polar surface area (TPSA) is 61.8 Å². The van der Waals surface area contributed by atoms with E-state index in [4.69, 9.17) is 14.2 Å². The Morgan fingerprint density at radius 3 is 2.43 bits per heavy atom. The smallest absolute Gasteiger partial charge is 0.343 e. The van der Waals surface area contributed by atoms with Gasteiger partial charge in [0.15, 0.2) is 0 Å². The molecule has 0 fully saturated rings. The molecule has 3 rings (SSSR count). The first-order valence-corrected chi connectivity index (χ1v) is 6.65. The van der Waals surface area contributed by atoms with Crippen LogP contribution in [0, 0.1) is 0 Å². The Morgan fingerprint density at radius 2 is 1.81 bits per heavy atom. The van der Waals surface area contributed by atoms with Gasteiger partial charge in [-0.15, -0.1) is 0 Å². The summed E-state index contributed by atoms with van der Waals surface area (Å²) >= 11 is 0. The molecule has 0 aromatic heterocycles. The van der Waals surface area contributed by atoms with Crippen molar-refractivity contribution >= 4 is 11.9 Å². The number of ether oxygens (including phenoxy) is 3. The van der Waals surface area contributed by atoms with E-state index in [-0.39, 0.29) is 0 Å². The normalized spacial score (nSPS) is 19.0. The second-order valence-corrected chi connectivity index (χ2v) is 5.70. The van der Waals surface area contributed by atoms with Crippen molar-refractivity contribution in [3.63, 3.8) is 0 Å². The van der Waals surface area contributed by atoms with E-state index < -0.39 is 17.4 Å². The number of cyclic esters (lactones) is 2. The van der Waals surface area contributed by atoms with Gasteiger partial charge in [0.05, 0.1) is 25.4 Å². The first kappa shape index (κ1) is 13.7. The molecule has 1 aromatic rings. The summed E-state index contributed by atoms with van der Waals surface area (Å²) in [6.07, 6.45) is 0.353. The lowest BCUT2D eigenvalue weighted by Crippen LogP contribution is -2.30. The van der Waals surface area contributed by atoms with Crippen molar-refractivity contribution < 1.29 is 23.8 Å². The Kier molecular flexibility index (Phi) is 2.83. The summed E-state index contributed by atoms with van der Waals surface area (Å²) in [5.74, 6) is 0.204. The fourth-order valence-corrected chi connectivity index (χ4v) is 3.30. The van der Waals surface area contributed by atoms with Crippen LogP contribution < -0.4 is 9.47 Å². The first-order valence-electron chi connectivity index (χ1n) is 6.65. The molecule has 1 aliphatic heterocycles. The van der Waals surface area contributed by atoms with E-state index in [2.05, 4.69) is 0 Å². The summed E-state index contributed by atoms with van der Waals surface area (Å²) in [6.45, 7) is 3.80. The van der Waals surface area contributed by atoms with Gasteiger partial charge >= 0.3 is 11.9 Å². The molecule has 1 heterocycles. The number of carbonyl (C=O) groups excluding carboxylic acids is 2. The number of esters is 2. The third-order valence-electron chi connectivity index (χ3n) is 4.17. The van der Waals surface area contributed by atoms with Crippen LogP contribution in [0.5, 0.6) is 11.5 Å². The Balaban J connectivity index is 2.28. The quantitative estimate of drug-likeness (QED) is 0.614. The molecule has 5 heteroatoms. The number of hydrogen-bond acceptors (Lipinski definition) is 5. The summed E-state index contributed by atoms with van der Waals surface area (Å²) in [5.41, 5.74) is 2.04. The van der Waals surface area contributed by atoms with E-state index in [9.17, 15) is 9.59 Å². The number of benzene rings is 1. The van der Waals surface area contributed by atoms with Crippen LogP contribution >= 0.6 is 0 Å². The monoisotopic (exact) mass is 288 g/mol. The predicted molar refractivity (Wildman–Crippen MR) is 74.4 cm³/mol. The number of rotatable bonds is 2. The van der Waals surface area contributed by atoms with Crippen molar-refractivity contribution in [2.45, 2.75) is 25.7 Å². The number of fused-ring (bicyclic) bond motifs is 1. The van der Waals surface area contributed by atoms with Crippen LogP contribution in [0.4, 0.5) is 0 Å². The zero-order valence-corrected chi connectivity index (χ0v) is 12.4. The summed E-state index contributed by atoms with van der Waals surface area (Å²) < 4.78 is 15.5. The molecular formula is C16H16O5. The molecule has 0 unspecified atom stereocenters. The molecule has 0 radical (unpaired) electrons. The van der Waals surface area contributed by atoms with Gasteiger partial charge in [0.2, 0.25) is 0 Å². The van der Waals surface area contributed by atoms with Crippen molar-refractivity contribution in [1.82, 2.24) is 0 Å². The molecular weight excluding hydrogens is 272 g/mol. The Bertz CT molecular complexity index is 697. The van der Waals surface area contributed by atoms with Crippen LogP contribution in [0.15, 0.2) is 23.3 Å². The fraction of sp³-hybridized carbons (Fsp3) is 0.375. The maximum absolute atomic E-state index is 12.0. The van der Waals surface area contributed by atoms with E-state index in [1.807, 2.05) is 19.9 Å². The van der Waals surface area contributed by atoms with E-state index in [0.717, 1.165) is 11.1 Å². The van der Waals surface area contributed by atoms with Gasteiger partial charge in [-0.2, -0.15) is 0 Å². The van der Waals surface area contributed by atoms with Crippen molar-refractivity contribution in [1.29, 1.82) is 0 Å². The molecule has 0 N–H and O–H groups in total. The molecule has 0 amide bonds. The summed E-state index contributed by atoms with van der Waals surface area (Å²) in [7, 11) is 3.15. The van der Waals surface area contributed by atoms with Crippen LogP contribution in [0.3, 0.4) is 0 Å². The number of hydrogen-bond donors (Lipinski definition) is 0. The first-order chi connectivity index (χ1) is 9.90. The van der Waals surface area contributed by atoms with Gasteiger partial charge in [0, 0.05) is 23.5 Å². The summed E-state index contributed by atoms with van der Waals surface area (Å²) in [5, 5.41) is 0. The minimum atomic E-state index is -0.649. The molecule has 2 aliphatic rings. The maximum Gasteiger partial charge on any atom is 0.343 e. The molecule has 21 heavy (non-hydrogen) atoms. The third kappa shape index (κ3) is 1.77. The van der Waals surface area contributed by atoms with Crippen molar-refractivity contribution in [2.75, 3.05) is 14.2 Å². The van der Waals surface area contributed by atoms with Gasteiger partial charge in [-0.05, 0) is 11.6 Å². The molecule has 110 valence electrons. The number of carbonyl (C=O) groups is 2. The van der Waals surface area contributed by atoms with Crippen LogP contribution in [0.2, 0.25) is 0 Å². The second-order valence-electron chi connectivity index (χ2n) is 5.70. The standard InChI is InChI=1S/C16H16O5/c1-16(2)12-8(5-9(19-3)7-11(12)20-4)6-10-13(16)15(18)21-14(10)17/h5,7H,6H2,1-4H3. The molecule has 1 aromatic carbocycles. The minimum absolute atomic E-state index is 0.353. The van der Waals surface area contributed by atoms with E-state index in [1.165, 1.54) is 0 Å². The Hall–Kier alpha value is -2.30. The molecule has 0 spiro atoms. The zero-order valence-electron chi connectivity index (χ0n) is 12.4. The van der Waals surface area contributed by atoms with Crippen LogP contribution in [-0.4, -0.2) is 26.2 Å². The highest BCUT2D eigenvalue weighted by atomic mass is 16.6. The van der Waals surface area contributed by atoms with Crippen molar-refractivity contribution in [3.8, 4) is 11.5 Å². The number of methoxy groups -OCH3 is 2. The zero-order chi connectivity index (χ0) is 15.4. The molecule has 0 saturated heterocycles. The summed E-state index contributed by atoms with van der Waals surface area (Å²) in [6, 6.07) is 3.66. The third-order valence-corrected chi connectivity index (χ3v) is 4.17. The fourth-order valence-electron chi connectivity index (χ4n) is 3.30. The lowest BCUT2D eigenvalue weighted by Gasteiger charge is -2.33. The minimum Gasteiger partial charge on any atom is -0.497 e. The van der Waals surface area contributed by atoms with Crippen molar-refractivity contribution in [3.05, 3.63) is 34.4 Å².